The zero-order valence-electron chi connectivity index (χ0n) is 19.4. The van der Waals surface area contributed by atoms with E-state index in [-0.39, 0.29) is 34.9 Å². The van der Waals surface area contributed by atoms with Crippen LogP contribution in [-0.2, 0) is 26.0 Å². The molecule has 2 fully saturated rings. The van der Waals surface area contributed by atoms with Crippen molar-refractivity contribution >= 4 is 27.6 Å². The van der Waals surface area contributed by atoms with E-state index in [4.69, 9.17) is 4.74 Å². The lowest BCUT2D eigenvalue weighted by Gasteiger charge is -2.27. The normalized spacial score (nSPS) is 17.5. The van der Waals surface area contributed by atoms with E-state index < -0.39 is 10.0 Å². The van der Waals surface area contributed by atoms with Gasteiger partial charge in [0.15, 0.2) is 0 Å². The second-order valence-electron chi connectivity index (χ2n) is 8.56. The van der Waals surface area contributed by atoms with Crippen molar-refractivity contribution in [2.75, 3.05) is 49.6 Å². The number of benzene rings is 1. The molecule has 0 bridgehead atoms. The fourth-order valence-electron chi connectivity index (χ4n) is 4.31. The Morgan fingerprint density at radius 1 is 1.12 bits per heavy atom. The molecule has 184 valence electrons. The van der Waals surface area contributed by atoms with E-state index in [9.17, 15) is 18.0 Å². The van der Waals surface area contributed by atoms with Gasteiger partial charge in [0.05, 0.1) is 18.9 Å². The van der Waals surface area contributed by atoms with Crippen LogP contribution in [0.4, 0.5) is 11.6 Å². The zero-order chi connectivity index (χ0) is 24.1. The van der Waals surface area contributed by atoms with Crippen molar-refractivity contribution in [2.45, 2.75) is 43.9 Å². The molecule has 2 N–H and O–H groups in total. The molecule has 1 aromatic heterocycles. The molecule has 0 saturated carbocycles. The predicted molar refractivity (Wildman–Crippen MR) is 129 cm³/mol. The summed E-state index contributed by atoms with van der Waals surface area (Å²) in [7, 11) is -3.69. The number of nitrogens with zero attached hydrogens (tertiary/aromatic N) is 3. The molecule has 34 heavy (non-hydrogen) atoms. The van der Waals surface area contributed by atoms with Gasteiger partial charge in [0.1, 0.15) is 4.90 Å². The minimum Gasteiger partial charge on any atom is -0.378 e. The average molecular weight is 490 g/mol. The molecule has 2 saturated heterocycles. The summed E-state index contributed by atoms with van der Waals surface area (Å²) in [5, 5.41) is 2.73. The minimum atomic E-state index is -3.69. The minimum absolute atomic E-state index is 0.0284. The number of anilines is 2. The standard InChI is InChI=1S/C23H31N5O5S/c1-17-18(22(30)26-23(24-17)27-13-15-33-16-14-27)9-10-21(29)25-19-7-3-4-8-20(19)34(31,32)28-11-5-2-6-12-28/h3-4,7-8H,2,5-6,9-16H2,1H3,(H,25,29)(H,24,26,30). The van der Waals surface area contributed by atoms with Crippen LogP contribution in [0.15, 0.2) is 34.0 Å². The molecule has 3 heterocycles. The number of H-pyrrole nitrogens is 1. The van der Waals surface area contributed by atoms with Crippen LogP contribution in [0.5, 0.6) is 0 Å². The van der Waals surface area contributed by atoms with Gasteiger partial charge in [-0.05, 0) is 38.3 Å². The summed E-state index contributed by atoms with van der Waals surface area (Å²) in [5.41, 5.74) is 1.01. The second kappa shape index (κ2) is 10.7. The van der Waals surface area contributed by atoms with Gasteiger partial charge in [0, 0.05) is 43.9 Å². The highest BCUT2D eigenvalue weighted by Gasteiger charge is 2.28. The van der Waals surface area contributed by atoms with E-state index in [1.807, 2.05) is 4.90 Å². The Morgan fingerprint density at radius 3 is 2.53 bits per heavy atom. The first kappa shape index (κ1) is 24.4. The van der Waals surface area contributed by atoms with Crippen molar-refractivity contribution in [1.29, 1.82) is 0 Å². The van der Waals surface area contributed by atoms with Gasteiger partial charge in [-0.25, -0.2) is 13.4 Å². The molecular weight excluding hydrogens is 458 g/mol. The molecule has 1 amide bonds. The fourth-order valence-corrected chi connectivity index (χ4v) is 5.97. The van der Waals surface area contributed by atoms with Gasteiger partial charge in [-0.15, -0.1) is 0 Å². The molecule has 0 spiro atoms. The number of para-hydroxylation sites is 1. The van der Waals surface area contributed by atoms with Crippen molar-refractivity contribution in [3.05, 3.63) is 45.9 Å². The smallest absolute Gasteiger partial charge is 0.255 e. The van der Waals surface area contributed by atoms with Gasteiger partial charge in [0.2, 0.25) is 21.9 Å². The maximum atomic E-state index is 13.1. The largest absolute Gasteiger partial charge is 0.378 e. The summed E-state index contributed by atoms with van der Waals surface area (Å²) in [6.07, 6.45) is 2.91. The van der Waals surface area contributed by atoms with Gasteiger partial charge in [-0.2, -0.15) is 4.31 Å². The number of aryl methyl sites for hydroxylation is 1. The van der Waals surface area contributed by atoms with E-state index in [2.05, 4.69) is 15.3 Å². The third-order valence-electron chi connectivity index (χ3n) is 6.22. The molecule has 2 aromatic rings. The maximum Gasteiger partial charge on any atom is 0.255 e. The van der Waals surface area contributed by atoms with Crippen LogP contribution in [0.3, 0.4) is 0 Å². The summed E-state index contributed by atoms with van der Waals surface area (Å²) in [6, 6.07) is 6.44. The van der Waals surface area contributed by atoms with Gasteiger partial charge >= 0.3 is 0 Å². The van der Waals surface area contributed by atoms with Crippen LogP contribution in [0.25, 0.3) is 0 Å². The van der Waals surface area contributed by atoms with Crippen LogP contribution in [0.1, 0.15) is 36.9 Å². The summed E-state index contributed by atoms with van der Waals surface area (Å²) < 4.78 is 33.1. The Balaban J connectivity index is 1.44. The third kappa shape index (κ3) is 5.48. The van der Waals surface area contributed by atoms with Crippen LogP contribution >= 0.6 is 0 Å². The number of carbonyl (C=O) groups excluding carboxylic acids is 1. The number of rotatable bonds is 7. The monoisotopic (exact) mass is 489 g/mol. The molecule has 0 unspecified atom stereocenters. The first-order valence-corrected chi connectivity index (χ1v) is 13.1. The van der Waals surface area contributed by atoms with Crippen LogP contribution in [-0.4, -0.2) is 68.0 Å². The van der Waals surface area contributed by atoms with Crippen molar-refractivity contribution in [2.24, 2.45) is 0 Å². The van der Waals surface area contributed by atoms with Crippen molar-refractivity contribution in [3.8, 4) is 0 Å². The molecule has 0 radical (unpaired) electrons. The number of nitrogens with one attached hydrogen (secondary N) is 2. The number of piperidine rings is 1. The van der Waals surface area contributed by atoms with Crippen LogP contribution in [0.2, 0.25) is 0 Å². The van der Waals surface area contributed by atoms with Gasteiger partial charge < -0.3 is 15.0 Å². The maximum absolute atomic E-state index is 13.1. The molecule has 10 nitrogen and oxygen atoms in total. The molecule has 4 rings (SSSR count). The third-order valence-corrected chi connectivity index (χ3v) is 8.17. The predicted octanol–water partition coefficient (Wildman–Crippen LogP) is 1.66. The lowest BCUT2D eigenvalue weighted by Crippen LogP contribution is -2.38. The SMILES string of the molecule is Cc1nc(N2CCOCC2)[nH]c(=O)c1CCC(=O)Nc1ccccc1S(=O)(=O)N1CCCCC1. The number of sulfonamides is 1. The Labute approximate surface area is 199 Å². The number of amides is 1. The lowest BCUT2D eigenvalue weighted by molar-refractivity contribution is -0.116. The van der Waals surface area contributed by atoms with E-state index >= 15 is 0 Å². The molecule has 2 aliphatic rings. The summed E-state index contributed by atoms with van der Waals surface area (Å²) in [4.78, 5) is 34.8. The Morgan fingerprint density at radius 2 is 1.82 bits per heavy atom. The first-order valence-electron chi connectivity index (χ1n) is 11.7. The lowest BCUT2D eigenvalue weighted by atomic mass is 10.1. The highest BCUT2D eigenvalue weighted by Crippen LogP contribution is 2.27. The van der Waals surface area contributed by atoms with Gasteiger partial charge in [-0.3, -0.25) is 14.6 Å². The first-order chi connectivity index (χ1) is 16.4. The topological polar surface area (TPSA) is 125 Å². The number of morpholine rings is 1. The summed E-state index contributed by atoms with van der Waals surface area (Å²) >= 11 is 0. The molecule has 0 atom stereocenters. The van der Waals surface area contributed by atoms with E-state index in [1.165, 1.54) is 10.4 Å². The molecule has 2 aliphatic heterocycles. The van der Waals surface area contributed by atoms with E-state index in [0.717, 1.165) is 19.3 Å². The van der Waals surface area contributed by atoms with Crippen LogP contribution in [0, 0.1) is 6.92 Å². The van der Waals surface area contributed by atoms with Gasteiger partial charge in [0.25, 0.3) is 5.56 Å². The van der Waals surface area contributed by atoms with Gasteiger partial charge in [-0.1, -0.05) is 18.6 Å². The number of hydrogen-bond acceptors (Lipinski definition) is 7. The van der Waals surface area contributed by atoms with E-state index in [1.54, 1.807) is 25.1 Å². The second-order valence-corrected chi connectivity index (χ2v) is 10.5. The Bertz CT molecular complexity index is 1180. The van der Waals surface area contributed by atoms with Crippen molar-refractivity contribution in [3.63, 3.8) is 0 Å². The highest BCUT2D eigenvalue weighted by atomic mass is 32.2. The number of aromatic nitrogens is 2. The quantitative estimate of drug-likeness (QED) is 0.606. The number of aromatic amines is 1. The zero-order valence-corrected chi connectivity index (χ0v) is 20.2. The molecule has 1 aromatic carbocycles. The molecule has 11 heteroatoms. The highest BCUT2D eigenvalue weighted by molar-refractivity contribution is 7.89. The Kier molecular flexibility index (Phi) is 7.64. The summed E-state index contributed by atoms with van der Waals surface area (Å²) in [5.74, 6) is 0.146. The van der Waals surface area contributed by atoms with Crippen LogP contribution < -0.4 is 15.8 Å². The number of hydrogen-bond donors (Lipinski definition) is 2. The molecule has 0 aliphatic carbocycles. The number of carbonyl (C=O) groups is 1. The summed E-state index contributed by atoms with van der Waals surface area (Å²) in [6.45, 7) is 5.21. The van der Waals surface area contributed by atoms with Crippen molar-refractivity contribution < 1.29 is 17.9 Å². The fraction of sp³-hybridized carbons (Fsp3) is 0.522. The number of ether oxygens (including phenoxy) is 1. The Hall–Kier alpha value is -2.76. The van der Waals surface area contributed by atoms with Crippen molar-refractivity contribution in [1.82, 2.24) is 14.3 Å². The van der Waals surface area contributed by atoms with E-state index in [0.29, 0.717) is 56.6 Å². The molecular formula is C23H31N5O5S. The average Bonchev–Trinajstić information content (AvgIpc) is 2.85.